The van der Waals surface area contributed by atoms with E-state index >= 15 is 0 Å². The van der Waals surface area contributed by atoms with Gasteiger partial charge in [-0.3, -0.25) is 4.79 Å². The van der Waals surface area contributed by atoms with Crippen LogP contribution in [0.1, 0.15) is 28.3 Å². The number of rotatable bonds is 8. The maximum Gasteiger partial charge on any atom is 0.312 e. The summed E-state index contributed by atoms with van der Waals surface area (Å²) in [6, 6.07) is 13.0. The van der Waals surface area contributed by atoms with Gasteiger partial charge >= 0.3 is 6.03 Å². The van der Waals surface area contributed by atoms with Gasteiger partial charge in [0.2, 0.25) is 0 Å². The summed E-state index contributed by atoms with van der Waals surface area (Å²) in [6.45, 7) is 2.85. The molecule has 5 N–H and O–H groups in total. The highest BCUT2D eigenvalue weighted by molar-refractivity contribution is 5.94. The first-order chi connectivity index (χ1) is 14.5. The number of halogens is 1. The van der Waals surface area contributed by atoms with Gasteiger partial charge in [-0.2, -0.15) is 0 Å². The van der Waals surface area contributed by atoms with Gasteiger partial charge in [0, 0.05) is 31.1 Å². The van der Waals surface area contributed by atoms with E-state index in [0.29, 0.717) is 30.4 Å². The molecule has 1 heterocycles. The molecule has 1 aliphatic rings. The van der Waals surface area contributed by atoms with E-state index in [1.54, 1.807) is 24.3 Å². The zero-order valence-electron chi connectivity index (χ0n) is 16.7. The SMILES string of the molecule is NC(=O)NCCNC(=O)c1ccc(OC[C@@H]2CNCC[C@H]2c2ccc(F)cc2)cc1. The Morgan fingerprint density at radius 2 is 1.77 bits per heavy atom. The van der Waals surface area contributed by atoms with E-state index in [1.807, 2.05) is 12.1 Å². The highest BCUT2D eigenvalue weighted by Crippen LogP contribution is 2.31. The van der Waals surface area contributed by atoms with E-state index in [4.69, 9.17) is 10.5 Å². The first kappa shape index (κ1) is 21.6. The second kappa shape index (κ2) is 10.6. The first-order valence-electron chi connectivity index (χ1n) is 10.0. The minimum Gasteiger partial charge on any atom is -0.493 e. The van der Waals surface area contributed by atoms with Crippen LogP contribution < -0.4 is 26.4 Å². The molecule has 0 bridgehead atoms. The van der Waals surface area contributed by atoms with Gasteiger partial charge in [0.25, 0.3) is 5.91 Å². The zero-order valence-corrected chi connectivity index (χ0v) is 16.7. The van der Waals surface area contributed by atoms with Crippen LogP contribution >= 0.6 is 0 Å². The fourth-order valence-corrected chi connectivity index (χ4v) is 3.62. The molecule has 1 saturated heterocycles. The molecule has 0 aromatic heterocycles. The van der Waals surface area contributed by atoms with Gasteiger partial charge in [-0.15, -0.1) is 0 Å². The Morgan fingerprint density at radius 3 is 2.47 bits per heavy atom. The number of hydrogen-bond donors (Lipinski definition) is 4. The largest absolute Gasteiger partial charge is 0.493 e. The zero-order chi connectivity index (χ0) is 21.3. The van der Waals surface area contributed by atoms with Crippen molar-refractivity contribution < 1.29 is 18.7 Å². The average Bonchev–Trinajstić information content (AvgIpc) is 2.76. The third-order valence-corrected chi connectivity index (χ3v) is 5.20. The lowest BCUT2D eigenvalue weighted by atomic mass is 9.81. The average molecular weight is 414 g/mol. The van der Waals surface area contributed by atoms with Crippen molar-refractivity contribution in [3.63, 3.8) is 0 Å². The molecule has 0 aliphatic carbocycles. The molecule has 1 aliphatic heterocycles. The molecule has 0 saturated carbocycles. The third-order valence-electron chi connectivity index (χ3n) is 5.20. The molecule has 3 rings (SSSR count). The molecule has 2 aromatic carbocycles. The highest BCUT2D eigenvalue weighted by atomic mass is 19.1. The van der Waals surface area contributed by atoms with Gasteiger partial charge in [-0.05, 0) is 60.8 Å². The molecule has 7 nitrogen and oxygen atoms in total. The molecule has 160 valence electrons. The Hall–Kier alpha value is -3.13. The van der Waals surface area contributed by atoms with Gasteiger partial charge in [0.1, 0.15) is 11.6 Å². The fraction of sp³-hybridized carbons (Fsp3) is 0.364. The van der Waals surface area contributed by atoms with Crippen molar-refractivity contribution in [1.82, 2.24) is 16.0 Å². The molecule has 2 aromatic rings. The number of benzene rings is 2. The summed E-state index contributed by atoms with van der Waals surface area (Å²) in [5.41, 5.74) is 6.60. The molecule has 8 heteroatoms. The minimum atomic E-state index is -0.624. The summed E-state index contributed by atoms with van der Waals surface area (Å²) in [5, 5.41) is 8.50. The van der Waals surface area contributed by atoms with Crippen LogP contribution in [0.25, 0.3) is 0 Å². The Balaban J connectivity index is 1.51. The summed E-state index contributed by atoms with van der Waals surface area (Å²) < 4.78 is 19.2. The molecule has 1 fully saturated rings. The van der Waals surface area contributed by atoms with Crippen molar-refractivity contribution in [1.29, 1.82) is 0 Å². The number of nitrogens with two attached hydrogens (primary N) is 1. The predicted octanol–water partition coefficient (Wildman–Crippen LogP) is 2.00. The number of urea groups is 1. The third kappa shape index (κ3) is 6.18. The van der Waals surface area contributed by atoms with E-state index in [9.17, 15) is 14.0 Å². The molecule has 3 amide bonds. The Kier molecular flexibility index (Phi) is 7.62. The van der Waals surface area contributed by atoms with E-state index in [1.165, 1.54) is 12.1 Å². The smallest absolute Gasteiger partial charge is 0.312 e. The Labute approximate surface area is 175 Å². The van der Waals surface area contributed by atoms with Crippen molar-refractivity contribution >= 4 is 11.9 Å². The minimum absolute atomic E-state index is 0.228. The van der Waals surface area contributed by atoms with Crippen LogP contribution in [0.15, 0.2) is 48.5 Å². The Bertz CT molecular complexity index is 842. The lowest BCUT2D eigenvalue weighted by molar-refractivity contribution is 0.0954. The molecule has 2 atom stereocenters. The summed E-state index contributed by atoms with van der Waals surface area (Å²) in [4.78, 5) is 22.7. The number of carbonyl (C=O) groups excluding carboxylic acids is 2. The van der Waals surface area contributed by atoms with E-state index in [0.717, 1.165) is 25.1 Å². The number of nitrogens with one attached hydrogen (secondary N) is 3. The molecular formula is C22H27FN4O3. The van der Waals surface area contributed by atoms with Gasteiger partial charge in [-0.25, -0.2) is 9.18 Å². The second-order valence-electron chi connectivity index (χ2n) is 7.29. The fourth-order valence-electron chi connectivity index (χ4n) is 3.62. The maximum absolute atomic E-state index is 13.2. The van der Waals surface area contributed by atoms with Crippen LogP contribution in [0.5, 0.6) is 5.75 Å². The highest BCUT2D eigenvalue weighted by Gasteiger charge is 2.27. The molecular weight excluding hydrogens is 387 g/mol. The Morgan fingerprint density at radius 1 is 1.07 bits per heavy atom. The second-order valence-corrected chi connectivity index (χ2v) is 7.29. The van der Waals surface area contributed by atoms with E-state index < -0.39 is 6.03 Å². The summed E-state index contributed by atoms with van der Waals surface area (Å²) >= 11 is 0. The summed E-state index contributed by atoms with van der Waals surface area (Å²) in [6.07, 6.45) is 0.976. The number of carbonyl (C=O) groups is 2. The van der Waals surface area contributed by atoms with Crippen molar-refractivity contribution in [3.05, 3.63) is 65.5 Å². The number of piperidine rings is 1. The number of primary amides is 1. The van der Waals surface area contributed by atoms with Crippen LogP contribution in [0.3, 0.4) is 0 Å². The van der Waals surface area contributed by atoms with Gasteiger partial charge in [0.05, 0.1) is 6.61 Å². The maximum atomic E-state index is 13.2. The van der Waals surface area contributed by atoms with Crippen molar-refractivity contribution in [2.45, 2.75) is 12.3 Å². The lowest BCUT2D eigenvalue weighted by Gasteiger charge is -2.32. The summed E-state index contributed by atoms with van der Waals surface area (Å²) in [7, 11) is 0. The monoisotopic (exact) mass is 414 g/mol. The van der Waals surface area contributed by atoms with Gasteiger partial charge in [-0.1, -0.05) is 12.1 Å². The topological polar surface area (TPSA) is 105 Å². The molecule has 0 spiro atoms. The van der Waals surface area contributed by atoms with Crippen LogP contribution in [0.2, 0.25) is 0 Å². The quantitative estimate of drug-likeness (QED) is 0.496. The van der Waals surface area contributed by atoms with Crippen LogP contribution in [0, 0.1) is 11.7 Å². The molecule has 0 radical (unpaired) electrons. The van der Waals surface area contributed by atoms with Gasteiger partial charge in [0.15, 0.2) is 0 Å². The van der Waals surface area contributed by atoms with Crippen LogP contribution in [-0.4, -0.2) is 44.7 Å². The lowest BCUT2D eigenvalue weighted by Crippen LogP contribution is -2.38. The van der Waals surface area contributed by atoms with Crippen molar-refractivity contribution in [3.8, 4) is 5.75 Å². The van der Waals surface area contributed by atoms with Crippen molar-refractivity contribution in [2.24, 2.45) is 11.7 Å². The molecule has 0 unspecified atom stereocenters. The van der Waals surface area contributed by atoms with Crippen LogP contribution in [-0.2, 0) is 0 Å². The summed E-state index contributed by atoms with van der Waals surface area (Å²) in [5.74, 6) is 0.802. The van der Waals surface area contributed by atoms with E-state index in [-0.39, 0.29) is 24.2 Å². The first-order valence-corrected chi connectivity index (χ1v) is 10.0. The van der Waals surface area contributed by atoms with Gasteiger partial charge < -0.3 is 26.4 Å². The number of ether oxygens (including phenoxy) is 1. The molecule has 30 heavy (non-hydrogen) atoms. The normalized spacial score (nSPS) is 18.4. The standard InChI is InChI=1S/C22H27FN4O3/c23-18-5-1-15(2-6-18)20-9-10-25-13-17(20)14-30-19-7-3-16(4-8-19)21(28)26-11-12-27-22(24)29/h1-8,17,20,25H,9-14H2,(H,26,28)(H3,24,27,29)/t17-,20-/m0/s1. The number of hydrogen-bond acceptors (Lipinski definition) is 4. The van der Waals surface area contributed by atoms with Crippen molar-refractivity contribution in [2.75, 3.05) is 32.8 Å². The number of amides is 3. The predicted molar refractivity (Wildman–Crippen MR) is 112 cm³/mol. The van der Waals surface area contributed by atoms with E-state index in [2.05, 4.69) is 16.0 Å². The van der Waals surface area contributed by atoms with Crippen LogP contribution in [0.4, 0.5) is 9.18 Å².